The standard InChI is InChI=1S/C25H27FN4OS/c1-16-17(2)32-25-23(16)24(27-13-18-7-5-9-20(26)11-18)28-22(29-25)15-30(3)14-19-8-6-10-21(12-19)31-4/h5-12H,13-15H2,1-4H3,(H,27,28,29). The zero-order valence-electron chi connectivity index (χ0n) is 18.8. The van der Waals surface area contributed by atoms with Crippen LogP contribution < -0.4 is 10.1 Å². The molecule has 0 bridgehead atoms. The molecule has 2 aromatic heterocycles. The van der Waals surface area contributed by atoms with Crippen LogP contribution >= 0.6 is 11.3 Å². The van der Waals surface area contributed by atoms with Gasteiger partial charge in [-0.3, -0.25) is 4.90 Å². The van der Waals surface area contributed by atoms with Crippen LogP contribution in [0.15, 0.2) is 48.5 Å². The molecule has 0 aliphatic rings. The summed E-state index contributed by atoms with van der Waals surface area (Å²) in [5.41, 5.74) is 3.22. The first kappa shape index (κ1) is 22.2. The van der Waals surface area contributed by atoms with Crippen LogP contribution in [0, 0.1) is 19.7 Å². The van der Waals surface area contributed by atoms with E-state index >= 15 is 0 Å². The van der Waals surface area contributed by atoms with E-state index < -0.39 is 0 Å². The lowest BCUT2D eigenvalue weighted by molar-refractivity contribution is 0.310. The normalized spacial score (nSPS) is 11.3. The van der Waals surface area contributed by atoms with Crippen molar-refractivity contribution in [3.63, 3.8) is 0 Å². The van der Waals surface area contributed by atoms with Crippen LogP contribution in [0.5, 0.6) is 5.75 Å². The number of halogens is 1. The Morgan fingerprint density at radius 1 is 1.03 bits per heavy atom. The molecule has 0 atom stereocenters. The van der Waals surface area contributed by atoms with Crippen LogP contribution in [-0.4, -0.2) is 29.0 Å². The van der Waals surface area contributed by atoms with Crippen molar-refractivity contribution >= 4 is 27.4 Å². The summed E-state index contributed by atoms with van der Waals surface area (Å²) in [5, 5.41) is 4.46. The molecule has 166 valence electrons. The van der Waals surface area contributed by atoms with E-state index in [-0.39, 0.29) is 5.82 Å². The molecule has 0 radical (unpaired) electrons. The van der Waals surface area contributed by atoms with Gasteiger partial charge in [0.1, 0.15) is 28.0 Å². The maximum Gasteiger partial charge on any atom is 0.146 e. The lowest BCUT2D eigenvalue weighted by Gasteiger charge is -2.17. The minimum absolute atomic E-state index is 0.237. The van der Waals surface area contributed by atoms with Gasteiger partial charge in [-0.1, -0.05) is 24.3 Å². The maximum absolute atomic E-state index is 13.6. The van der Waals surface area contributed by atoms with E-state index in [1.807, 2.05) is 24.3 Å². The largest absolute Gasteiger partial charge is 0.497 e. The van der Waals surface area contributed by atoms with Crippen molar-refractivity contribution in [2.24, 2.45) is 0 Å². The molecule has 5 nitrogen and oxygen atoms in total. The second kappa shape index (κ2) is 9.63. The molecular weight excluding hydrogens is 423 g/mol. The number of thiophene rings is 1. The van der Waals surface area contributed by atoms with E-state index in [2.05, 4.69) is 37.2 Å². The first-order valence-electron chi connectivity index (χ1n) is 10.5. The first-order chi connectivity index (χ1) is 15.4. The van der Waals surface area contributed by atoms with Gasteiger partial charge in [0.15, 0.2) is 0 Å². The molecule has 0 unspecified atom stereocenters. The number of fused-ring (bicyclic) bond motifs is 1. The lowest BCUT2D eigenvalue weighted by atomic mass is 10.2. The molecule has 7 heteroatoms. The average Bonchev–Trinajstić information content (AvgIpc) is 3.05. The Bertz CT molecular complexity index is 1240. The summed E-state index contributed by atoms with van der Waals surface area (Å²) in [4.78, 5) is 14.1. The minimum atomic E-state index is -0.237. The molecule has 1 N–H and O–H groups in total. The lowest BCUT2D eigenvalue weighted by Crippen LogP contribution is -2.19. The Hall–Kier alpha value is -3.03. The van der Waals surface area contributed by atoms with Gasteiger partial charge < -0.3 is 10.1 Å². The van der Waals surface area contributed by atoms with Gasteiger partial charge in [-0.15, -0.1) is 11.3 Å². The number of ether oxygens (including phenoxy) is 1. The molecule has 2 aromatic carbocycles. The number of hydrogen-bond donors (Lipinski definition) is 1. The Balaban J connectivity index is 1.57. The molecule has 0 saturated carbocycles. The Labute approximate surface area is 191 Å². The summed E-state index contributed by atoms with van der Waals surface area (Å²) in [6.45, 7) is 6.06. The molecule has 0 fully saturated rings. The van der Waals surface area contributed by atoms with Crippen LogP contribution in [0.25, 0.3) is 10.2 Å². The molecule has 4 aromatic rings. The molecular formula is C25H27FN4OS. The van der Waals surface area contributed by atoms with Gasteiger partial charge in [0.05, 0.1) is 19.0 Å². The quantitative estimate of drug-likeness (QED) is 0.373. The highest BCUT2D eigenvalue weighted by atomic mass is 32.1. The second-order valence-corrected chi connectivity index (χ2v) is 9.16. The van der Waals surface area contributed by atoms with Gasteiger partial charge in [0, 0.05) is 18.0 Å². The number of methoxy groups -OCH3 is 1. The van der Waals surface area contributed by atoms with Crippen LogP contribution in [0.3, 0.4) is 0 Å². The summed E-state index contributed by atoms with van der Waals surface area (Å²) in [7, 11) is 3.73. The molecule has 2 heterocycles. The summed E-state index contributed by atoms with van der Waals surface area (Å²) in [6, 6.07) is 14.7. The Morgan fingerprint density at radius 3 is 2.59 bits per heavy atom. The van der Waals surface area contributed by atoms with E-state index in [1.165, 1.54) is 22.1 Å². The molecule has 4 rings (SSSR count). The van der Waals surface area contributed by atoms with Crippen LogP contribution in [0.1, 0.15) is 27.4 Å². The topological polar surface area (TPSA) is 50.3 Å². The van der Waals surface area contributed by atoms with Crippen LogP contribution in [0.2, 0.25) is 0 Å². The van der Waals surface area contributed by atoms with Crippen LogP contribution in [0.4, 0.5) is 10.2 Å². The van der Waals surface area contributed by atoms with Crippen molar-refractivity contribution in [3.8, 4) is 5.75 Å². The second-order valence-electron chi connectivity index (χ2n) is 7.96. The average molecular weight is 451 g/mol. The number of benzene rings is 2. The molecule has 0 aliphatic carbocycles. The summed E-state index contributed by atoms with van der Waals surface area (Å²) >= 11 is 1.68. The zero-order valence-corrected chi connectivity index (χ0v) is 19.6. The molecule has 0 spiro atoms. The van der Waals surface area contributed by atoms with Crippen LogP contribution in [-0.2, 0) is 19.6 Å². The highest BCUT2D eigenvalue weighted by Crippen LogP contribution is 2.33. The first-order valence-corrected chi connectivity index (χ1v) is 11.3. The SMILES string of the molecule is COc1cccc(CN(C)Cc2nc(NCc3cccc(F)c3)c3c(C)c(C)sc3n2)c1. The van der Waals surface area contributed by atoms with Gasteiger partial charge in [0.2, 0.25) is 0 Å². The van der Waals surface area contributed by atoms with Gasteiger partial charge in [-0.2, -0.15) is 0 Å². The van der Waals surface area contributed by atoms with E-state index in [1.54, 1.807) is 30.6 Å². The third-order valence-corrected chi connectivity index (χ3v) is 6.52. The number of nitrogens with one attached hydrogen (secondary N) is 1. The molecule has 0 amide bonds. The highest BCUT2D eigenvalue weighted by molar-refractivity contribution is 7.18. The van der Waals surface area contributed by atoms with E-state index in [0.29, 0.717) is 13.1 Å². The van der Waals surface area contributed by atoms with Gasteiger partial charge in [-0.25, -0.2) is 14.4 Å². The van der Waals surface area contributed by atoms with Crippen molar-refractivity contribution in [2.45, 2.75) is 33.5 Å². The zero-order chi connectivity index (χ0) is 22.7. The minimum Gasteiger partial charge on any atom is -0.497 e. The third kappa shape index (κ3) is 5.06. The third-order valence-electron chi connectivity index (χ3n) is 5.42. The predicted octanol–water partition coefficient (Wildman–Crippen LogP) is 5.70. The monoisotopic (exact) mass is 450 g/mol. The van der Waals surface area contributed by atoms with E-state index in [0.717, 1.165) is 39.7 Å². The van der Waals surface area contributed by atoms with Crippen molar-refractivity contribution in [1.82, 2.24) is 14.9 Å². The summed E-state index contributed by atoms with van der Waals surface area (Å²) < 4.78 is 18.9. The molecule has 32 heavy (non-hydrogen) atoms. The fourth-order valence-electron chi connectivity index (χ4n) is 3.70. The fraction of sp³-hybridized carbons (Fsp3) is 0.280. The van der Waals surface area contributed by atoms with Crippen molar-refractivity contribution in [3.05, 3.63) is 81.7 Å². The Morgan fingerprint density at radius 2 is 1.81 bits per heavy atom. The van der Waals surface area contributed by atoms with Gasteiger partial charge >= 0.3 is 0 Å². The molecule has 0 aliphatic heterocycles. The summed E-state index contributed by atoms with van der Waals surface area (Å²) in [6.07, 6.45) is 0. The molecule has 0 saturated heterocycles. The smallest absolute Gasteiger partial charge is 0.146 e. The number of aromatic nitrogens is 2. The maximum atomic E-state index is 13.6. The number of hydrogen-bond acceptors (Lipinski definition) is 6. The van der Waals surface area contributed by atoms with E-state index in [9.17, 15) is 4.39 Å². The predicted molar refractivity (Wildman–Crippen MR) is 129 cm³/mol. The summed E-state index contributed by atoms with van der Waals surface area (Å²) in [5.74, 6) is 2.17. The van der Waals surface area contributed by atoms with Gasteiger partial charge in [0.25, 0.3) is 0 Å². The van der Waals surface area contributed by atoms with Crippen molar-refractivity contribution in [2.75, 3.05) is 19.5 Å². The number of nitrogens with zero attached hydrogens (tertiary/aromatic N) is 3. The van der Waals surface area contributed by atoms with Crippen molar-refractivity contribution in [1.29, 1.82) is 0 Å². The van der Waals surface area contributed by atoms with Crippen molar-refractivity contribution < 1.29 is 9.13 Å². The van der Waals surface area contributed by atoms with Gasteiger partial charge in [-0.05, 0) is 61.9 Å². The number of rotatable bonds is 8. The number of aryl methyl sites for hydroxylation is 2. The highest BCUT2D eigenvalue weighted by Gasteiger charge is 2.16. The van der Waals surface area contributed by atoms with E-state index in [4.69, 9.17) is 14.7 Å². The number of anilines is 1. The fourth-order valence-corrected chi connectivity index (χ4v) is 4.75. The Kier molecular flexibility index (Phi) is 6.67.